The van der Waals surface area contributed by atoms with Crippen molar-refractivity contribution in [3.63, 3.8) is 0 Å². The van der Waals surface area contributed by atoms with Crippen molar-refractivity contribution >= 4 is 0 Å². The van der Waals surface area contributed by atoms with Crippen molar-refractivity contribution in [2.75, 3.05) is 13.6 Å². The number of pyridine rings is 1. The Morgan fingerprint density at radius 2 is 2.40 bits per heavy atom. The monoisotopic (exact) mass is 204 g/mol. The number of hydrogen-bond donors (Lipinski definition) is 1. The Kier molecular flexibility index (Phi) is 3.04. The Morgan fingerprint density at radius 3 is 3.13 bits per heavy atom. The van der Waals surface area contributed by atoms with Crippen LogP contribution in [0.2, 0.25) is 0 Å². The first-order valence-corrected chi connectivity index (χ1v) is 4.78. The topological polar surface area (TPSA) is 63.8 Å². The molecule has 0 atom stereocenters. The van der Waals surface area contributed by atoms with Gasteiger partial charge in [-0.15, -0.1) is 0 Å². The molecule has 2 heterocycles. The van der Waals surface area contributed by atoms with E-state index in [0.717, 1.165) is 18.5 Å². The first-order chi connectivity index (χ1) is 7.40. The summed E-state index contributed by atoms with van der Waals surface area (Å²) in [6.07, 6.45) is 4.17. The summed E-state index contributed by atoms with van der Waals surface area (Å²) < 4.78 is 5.09. The van der Waals surface area contributed by atoms with Gasteiger partial charge in [0.25, 0.3) is 0 Å². The van der Waals surface area contributed by atoms with Crippen LogP contribution in [-0.2, 0) is 6.42 Å². The van der Waals surface area contributed by atoms with Gasteiger partial charge in [-0.3, -0.25) is 4.98 Å². The fraction of sp³-hybridized carbons (Fsp3) is 0.300. The van der Waals surface area contributed by atoms with Gasteiger partial charge in [-0.25, -0.2) is 0 Å². The van der Waals surface area contributed by atoms with Crippen LogP contribution in [0.25, 0.3) is 11.4 Å². The molecule has 1 N–H and O–H groups in total. The molecule has 0 radical (unpaired) electrons. The predicted octanol–water partition coefficient (Wildman–Crippen LogP) is 0.893. The molecule has 2 aromatic heterocycles. The Balaban J connectivity index is 2.14. The molecule has 5 heteroatoms. The molecule has 2 rings (SSSR count). The van der Waals surface area contributed by atoms with Crippen LogP contribution in [0.5, 0.6) is 0 Å². The van der Waals surface area contributed by atoms with Gasteiger partial charge >= 0.3 is 0 Å². The summed E-state index contributed by atoms with van der Waals surface area (Å²) in [5, 5.41) is 6.91. The van der Waals surface area contributed by atoms with Gasteiger partial charge in [0.1, 0.15) is 0 Å². The summed E-state index contributed by atoms with van der Waals surface area (Å²) in [5.74, 6) is 1.23. The van der Waals surface area contributed by atoms with E-state index in [0.29, 0.717) is 11.7 Å². The molecule has 0 aromatic carbocycles. The number of aromatic nitrogens is 3. The van der Waals surface area contributed by atoms with E-state index >= 15 is 0 Å². The number of hydrogen-bond acceptors (Lipinski definition) is 5. The van der Waals surface area contributed by atoms with Crippen molar-refractivity contribution in [3.05, 3.63) is 30.4 Å². The number of nitrogens with one attached hydrogen (secondary N) is 1. The van der Waals surface area contributed by atoms with Crippen LogP contribution in [-0.4, -0.2) is 28.7 Å². The molecule has 0 unspecified atom stereocenters. The van der Waals surface area contributed by atoms with Gasteiger partial charge in [-0.2, -0.15) is 4.98 Å². The molecule has 0 spiro atoms. The van der Waals surface area contributed by atoms with E-state index in [1.807, 2.05) is 19.2 Å². The summed E-state index contributed by atoms with van der Waals surface area (Å²) in [6, 6.07) is 3.75. The molecule has 78 valence electrons. The number of likely N-dealkylation sites (N-methyl/N-ethyl adjacent to an activating group) is 1. The van der Waals surface area contributed by atoms with Gasteiger partial charge in [0.05, 0.1) is 0 Å². The average Bonchev–Trinajstić information content (AvgIpc) is 2.76. The van der Waals surface area contributed by atoms with Crippen LogP contribution in [0, 0.1) is 0 Å². The van der Waals surface area contributed by atoms with Crippen molar-refractivity contribution in [3.8, 4) is 11.4 Å². The van der Waals surface area contributed by atoms with Gasteiger partial charge in [0, 0.05) is 30.9 Å². The van der Waals surface area contributed by atoms with Crippen molar-refractivity contribution in [1.82, 2.24) is 20.4 Å². The maximum absolute atomic E-state index is 5.09. The molecule has 0 bridgehead atoms. The number of rotatable bonds is 4. The normalized spacial score (nSPS) is 10.5. The van der Waals surface area contributed by atoms with Crippen LogP contribution in [0.15, 0.2) is 29.0 Å². The minimum Gasteiger partial charge on any atom is -0.339 e. The van der Waals surface area contributed by atoms with E-state index in [1.165, 1.54) is 0 Å². The Labute approximate surface area is 87.5 Å². The predicted molar refractivity (Wildman–Crippen MR) is 55.2 cm³/mol. The summed E-state index contributed by atoms with van der Waals surface area (Å²) in [6.45, 7) is 0.828. The van der Waals surface area contributed by atoms with E-state index < -0.39 is 0 Å². The molecule has 5 nitrogen and oxygen atoms in total. The van der Waals surface area contributed by atoms with Crippen molar-refractivity contribution < 1.29 is 4.52 Å². The standard InChI is InChI=1S/C10H12N4O/c1-11-6-4-9-13-10(14-15-9)8-3-2-5-12-7-8/h2-3,5,7,11H,4,6H2,1H3. The maximum atomic E-state index is 5.09. The van der Waals surface area contributed by atoms with Crippen LogP contribution >= 0.6 is 0 Å². The zero-order chi connectivity index (χ0) is 10.5. The third-order valence-electron chi connectivity index (χ3n) is 1.98. The molecule has 2 aromatic rings. The second kappa shape index (κ2) is 4.65. The highest BCUT2D eigenvalue weighted by molar-refractivity contribution is 5.51. The summed E-state index contributed by atoms with van der Waals surface area (Å²) in [5.41, 5.74) is 0.872. The van der Waals surface area contributed by atoms with Gasteiger partial charge in [0.15, 0.2) is 0 Å². The lowest BCUT2D eigenvalue weighted by Crippen LogP contribution is -2.10. The fourth-order valence-corrected chi connectivity index (χ4v) is 1.20. The van der Waals surface area contributed by atoms with Gasteiger partial charge in [-0.05, 0) is 19.2 Å². The zero-order valence-electron chi connectivity index (χ0n) is 8.47. The largest absolute Gasteiger partial charge is 0.339 e. The molecule has 0 aliphatic rings. The first kappa shape index (κ1) is 9.79. The van der Waals surface area contributed by atoms with E-state index in [2.05, 4.69) is 20.4 Å². The molecular weight excluding hydrogens is 192 g/mol. The van der Waals surface area contributed by atoms with Crippen LogP contribution in [0.4, 0.5) is 0 Å². The SMILES string of the molecule is CNCCc1nc(-c2cccnc2)no1. The smallest absolute Gasteiger partial charge is 0.228 e. The Bertz CT molecular complexity index is 412. The van der Waals surface area contributed by atoms with Crippen molar-refractivity contribution in [2.45, 2.75) is 6.42 Å². The van der Waals surface area contributed by atoms with Gasteiger partial charge in [-0.1, -0.05) is 5.16 Å². The zero-order valence-corrected chi connectivity index (χ0v) is 8.47. The molecule has 0 fully saturated rings. The lowest BCUT2D eigenvalue weighted by Gasteiger charge is -1.91. The average molecular weight is 204 g/mol. The van der Waals surface area contributed by atoms with Crippen LogP contribution in [0.3, 0.4) is 0 Å². The molecule has 0 amide bonds. The lowest BCUT2D eigenvalue weighted by atomic mass is 10.3. The minimum absolute atomic E-state index is 0.592. The molecular formula is C10H12N4O. The summed E-state index contributed by atoms with van der Waals surface area (Å²) >= 11 is 0. The third-order valence-corrected chi connectivity index (χ3v) is 1.98. The first-order valence-electron chi connectivity index (χ1n) is 4.78. The Hall–Kier alpha value is -1.75. The molecule has 15 heavy (non-hydrogen) atoms. The summed E-state index contributed by atoms with van der Waals surface area (Å²) in [4.78, 5) is 8.26. The minimum atomic E-state index is 0.592. The third kappa shape index (κ3) is 2.38. The fourth-order valence-electron chi connectivity index (χ4n) is 1.20. The van der Waals surface area contributed by atoms with Gasteiger partial charge in [0.2, 0.25) is 11.7 Å². The maximum Gasteiger partial charge on any atom is 0.228 e. The van der Waals surface area contributed by atoms with Crippen molar-refractivity contribution in [1.29, 1.82) is 0 Å². The highest BCUT2D eigenvalue weighted by atomic mass is 16.5. The van der Waals surface area contributed by atoms with Crippen molar-refractivity contribution in [2.24, 2.45) is 0 Å². The highest BCUT2D eigenvalue weighted by Crippen LogP contribution is 2.13. The molecule has 0 aliphatic heterocycles. The second-order valence-corrected chi connectivity index (χ2v) is 3.11. The summed E-state index contributed by atoms with van der Waals surface area (Å²) in [7, 11) is 1.89. The van der Waals surface area contributed by atoms with Crippen LogP contribution in [0.1, 0.15) is 5.89 Å². The van der Waals surface area contributed by atoms with E-state index in [-0.39, 0.29) is 0 Å². The molecule has 0 saturated heterocycles. The quantitative estimate of drug-likeness (QED) is 0.801. The highest BCUT2D eigenvalue weighted by Gasteiger charge is 2.07. The Morgan fingerprint density at radius 1 is 1.47 bits per heavy atom. The van der Waals surface area contributed by atoms with E-state index in [4.69, 9.17) is 4.52 Å². The van der Waals surface area contributed by atoms with Gasteiger partial charge < -0.3 is 9.84 Å². The number of nitrogens with zero attached hydrogens (tertiary/aromatic N) is 3. The van der Waals surface area contributed by atoms with Crippen LogP contribution < -0.4 is 5.32 Å². The molecule has 0 saturated carbocycles. The van der Waals surface area contributed by atoms with E-state index in [1.54, 1.807) is 12.4 Å². The lowest BCUT2D eigenvalue weighted by molar-refractivity contribution is 0.377. The second-order valence-electron chi connectivity index (χ2n) is 3.11. The van der Waals surface area contributed by atoms with E-state index in [9.17, 15) is 0 Å². The molecule has 0 aliphatic carbocycles.